The first-order valence-electron chi connectivity index (χ1n) is 14.3. The Morgan fingerprint density at radius 3 is 2.34 bits per heavy atom. The summed E-state index contributed by atoms with van der Waals surface area (Å²) >= 11 is 0. The van der Waals surface area contributed by atoms with E-state index in [1.54, 1.807) is 20.3 Å². The molecule has 0 saturated heterocycles. The third-order valence-corrected chi connectivity index (χ3v) is 9.89. The van der Waals surface area contributed by atoms with Gasteiger partial charge in [0.25, 0.3) is 0 Å². The molecule has 2 aromatic carbocycles. The van der Waals surface area contributed by atoms with Crippen molar-refractivity contribution in [2.24, 2.45) is 0 Å². The predicted octanol–water partition coefficient (Wildman–Crippen LogP) is 7.88. The average molecular weight is 517 g/mol. The molecule has 3 nitrogen and oxygen atoms in total. The van der Waals surface area contributed by atoms with Crippen LogP contribution in [-0.4, -0.2) is 20.8 Å². The number of halogens is 1. The molecule has 0 N–H and O–H groups in total. The molecule has 2 unspecified atom stereocenters. The van der Waals surface area contributed by atoms with Gasteiger partial charge in [-0.05, 0) is 60.4 Å². The number of aromatic nitrogens is 1. The Morgan fingerprint density at radius 2 is 1.71 bits per heavy atom. The maximum atomic E-state index is 16.0. The Hall–Kier alpha value is -2.72. The number of benzene rings is 2. The standard InChI is InChI=1S/C34H43FNO2/c1-9-12-13-22-14-15-24-28-23(22)18-20-36-31(28)29-25(16-17-26(35)30(29)32(24,4)5)33(6,10-2)34(36,11-3)27(38-8)19-21-37-7/h14-20H,9-13,21H2,1-8H3/q+1. The lowest BCUT2D eigenvalue weighted by atomic mass is 9.55. The predicted molar refractivity (Wildman–Crippen MR) is 153 cm³/mol. The van der Waals surface area contributed by atoms with Crippen molar-refractivity contribution in [1.29, 1.82) is 0 Å². The Morgan fingerprint density at radius 1 is 0.974 bits per heavy atom. The van der Waals surface area contributed by atoms with Gasteiger partial charge in [0.2, 0.25) is 11.2 Å². The Balaban J connectivity index is 2.04. The molecule has 0 fully saturated rings. The summed E-state index contributed by atoms with van der Waals surface area (Å²) < 4.78 is 30.2. The fourth-order valence-corrected chi connectivity index (χ4v) is 7.83. The van der Waals surface area contributed by atoms with Gasteiger partial charge in [0.1, 0.15) is 5.82 Å². The van der Waals surface area contributed by atoms with Crippen LogP contribution in [0.2, 0.25) is 0 Å². The van der Waals surface area contributed by atoms with Crippen molar-refractivity contribution in [3.05, 3.63) is 76.4 Å². The van der Waals surface area contributed by atoms with Gasteiger partial charge in [-0.15, -0.1) is 0 Å². The molecule has 1 aliphatic heterocycles. The number of methoxy groups -OCH3 is 2. The van der Waals surface area contributed by atoms with E-state index in [1.165, 1.54) is 27.5 Å². The number of hydrogen-bond donors (Lipinski definition) is 0. The summed E-state index contributed by atoms with van der Waals surface area (Å²) in [6.45, 7) is 13.9. The van der Waals surface area contributed by atoms with Crippen LogP contribution < -0.4 is 4.57 Å². The Kier molecular flexibility index (Phi) is 6.70. The Bertz CT molecular complexity index is 1440. The molecular weight excluding hydrogens is 473 g/mol. The molecule has 0 saturated carbocycles. The number of pyridine rings is 1. The zero-order valence-corrected chi connectivity index (χ0v) is 24.4. The van der Waals surface area contributed by atoms with Crippen LogP contribution in [0.25, 0.3) is 22.0 Å². The van der Waals surface area contributed by atoms with Crippen molar-refractivity contribution >= 4 is 10.8 Å². The van der Waals surface area contributed by atoms with Gasteiger partial charge in [-0.1, -0.05) is 59.2 Å². The second kappa shape index (κ2) is 9.48. The first kappa shape index (κ1) is 26.9. The van der Waals surface area contributed by atoms with E-state index in [2.05, 4.69) is 82.6 Å². The number of aryl methyl sites for hydroxylation is 1. The third kappa shape index (κ3) is 3.25. The van der Waals surface area contributed by atoms with E-state index in [9.17, 15) is 0 Å². The van der Waals surface area contributed by atoms with Gasteiger partial charge in [-0.2, -0.15) is 4.57 Å². The largest absolute Gasteiger partial charge is 0.494 e. The molecule has 2 atom stereocenters. The van der Waals surface area contributed by atoms with E-state index < -0.39 is 11.0 Å². The van der Waals surface area contributed by atoms with Crippen molar-refractivity contribution in [1.82, 2.24) is 0 Å². The lowest BCUT2D eigenvalue weighted by Gasteiger charge is -2.50. The first-order valence-corrected chi connectivity index (χ1v) is 14.3. The van der Waals surface area contributed by atoms with Crippen LogP contribution in [0.1, 0.15) is 89.5 Å². The van der Waals surface area contributed by atoms with Crippen molar-refractivity contribution in [2.45, 2.75) is 90.0 Å². The van der Waals surface area contributed by atoms with Gasteiger partial charge in [-0.3, -0.25) is 0 Å². The van der Waals surface area contributed by atoms with Crippen LogP contribution in [0.5, 0.6) is 0 Å². The molecule has 4 heteroatoms. The molecule has 0 radical (unpaired) electrons. The molecule has 202 valence electrons. The molecule has 2 aliphatic rings. The average Bonchev–Trinajstić information content (AvgIpc) is 2.91. The monoisotopic (exact) mass is 516 g/mol. The molecule has 1 aromatic heterocycles. The van der Waals surface area contributed by atoms with E-state index in [1.807, 2.05) is 0 Å². The van der Waals surface area contributed by atoms with Crippen molar-refractivity contribution in [2.75, 3.05) is 20.8 Å². The van der Waals surface area contributed by atoms with E-state index in [-0.39, 0.29) is 11.2 Å². The summed E-state index contributed by atoms with van der Waals surface area (Å²) in [7, 11) is 3.48. The minimum absolute atomic E-state index is 0.123. The van der Waals surface area contributed by atoms with Crippen molar-refractivity contribution in [3.63, 3.8) is 0 Å². The SMILES string of the molecule is CCCCc1ccc2c3c4[n+](ccc13)C(CC)(C(=CCOC)OC)C(C)(CC)c1ccc(F)c(c1-4)C2(C)C. The van der Waals surface area contributed by atoms with Crippen LogP contribution >= 0.6 is 0 Å². The fraction of sp³-hybridized carbons (Fsp3) is 0.500. The second-order valence-corrected chi connectivity index (χ2v) is 11.8. The minimum atomic E-state index is -0.501. The zero-order chi connectivity index (χ0) is 27.5. The summed E-state index contributed by atoms with van der Waals surface area (Å²) in [5.41, 5.74) is 5.51. The Labute approximate surface area is 227 Å². The highest BCUT2D eigenvalue weighted by molar-refractivity contribution is 6.02. The highest BCUT2D eigenvalue weighted by Crippen LogP contribution is 2.59. The van der Waals surface area contributed by atoms with E-state index in [4.69, 9.17) is 9.47 Å². The second-order valence-electron chi connectivity index (χ2n) is 11.8. The van der Waals surface area contributed by atoms with Crippen LogP contribution in [0.3, 0.4) is 0 Å². The molecule has 3 aromatic rings. The number of allylic oxidation sites excluding steroid dienone is 1. The summed E-state index contributed by atoms with van der Waals surface area (Å²) in [4.78, 5) is 0. The number of ether oxygens (including phenoxy) is 2. The van der Waals surface area contributed by atoms with E-state index in [0.717, 1.165) is 54.7 Å². The number of hydrogen-bond acceptors (Lipinski definition) is 2. The van der Waals surface area contributed by atoms with Gasteiger partial charge < -0.3 is 9.47 Å². The maximum absolute atomic E-state index is 16.0. The maximum Gasteiger partial charge on any atom is 0.233 e. The number of nitrogens with zero attached hydrogens (tertiary/aromatic N) is 1. The summed E-state index contributed by atoms with van der Waals surface area (Å²) in [5, 5.41) is 2.56. The minimum Gasteiger partial charge on any atom is -0.494 e. The van der Waals surface area contributed by atoms with Gasteiger partial charge in [-0.25, -0.2) is 4.39 Å². The van der Waals surface area contributed by atoms with Crippen LogP contribution in [0, 0.1) is 5.82 Å². The topological polar surface area (TPSA) is 22.3 Å². The summed E-state index contributed by atoms with van der Waals surface area (Å²) in [6.07, 6.45) is 9.39. The molecule has 2 heterocycles. The lowest BCUT2D eigenvalue weighted by molar-refractivity contribution is -0.761. The zero-order valence-electron chi connectivity index (χ0n) is 24.4. The van der Waals surface area contributed by atoms with Crippen LogP contribution in [-0.2, 0) is 32.3 Å². The number of unbranched alkanes of at least 4 members (excludes halogenated alkanes) is 1. The van der Waals surface area contributed by atoms with E-state index in [0.29, 0.717) is 6.61 Å². The van der Waals surface area contributed by atoms with Crippen LogP contribution in [0.15, 0.2) is 48.4 Å². The smallest absolute Gasteiger partial charge is 0.233 e. The van der Waals surface area contributed by atoms with Crippen molar-refractivity contribution in [3.8, 4) is 11.3 Å². The van der Waals surface area contributed by atoms with E-state index >= 15 is 4.39 Å². The molecule has 5 rings (SSSR count). The molecule has 0 amide bonds. The molecular formula is C34H43FNO2+. The fourth-order valence-electron chi connectivity index (χ4n) is 7.83. The normalized spacial score (nSPS) is 23.1. The van der Waals surface area contributed by atoms with Gasteiger partial charge >= 0.3 is 0 Å². The summed E-state index contributed by atoms with van der Waals surface area (Å²) in [5.74, 6) is 0.777. The molecule has 0 bridgehead atoms. The quantitative estimate of drug-likeness (QED) is 0.213. The summed E-state index contributed by atoms with van der Waals surface area (Å²) in [6, 6.07) is 10.6. The van der Waals surface area contributed by atoms with Gasteiger partial charge in [0, 0.05) is 30.6 Å². The van der Waals surface area contributed by atoms with Crippen molar-refractivity contribution < 1.29 is 18.4 Å². The number of rotatable bonds is 9. The van der Waals surface area contributed by atoms with Gasteiger partial charge in [0.15, 0.2) is 12.0 Å². The highest BCUT2D eigenvalue weighted by atomic mass is 19.1. The molecule has 38 heavy (non-hydrogen) atoms. The molecule has 0 spiro atoms. The molecule has 1 aliphatic carbocycles. The highest BCUT2D eigenvalue weighted by Gasteiger charge is 2.64. The first-order chi connectivity index (χ1) is 18.2. The van der Waals surface area contributed by atoms with Crippen LogP contribution in [0.4, 0.5) is 4.39 Å². The third-order valence-electron chi connectivity index (χ3n) is 9.89. The lowest BCUT2D eigenvalue weighted by Crippen LogP contribution is -2.70. The van der Waals surface area contributed by atoms with Gasteiger partial charge in [0.05, 0.1) is 30.1 Å².